The third-order valence-electron chi connectivity index (χ3n) is 14.6. The molecule has 5 nitrogen and oxygen atoms in total. The van der Waals surface area contributed by atoms with Crippen molar-refractivity contribution in [3.05, 3.63) is 109 Å². The number of carbonyl (C=O) groups excluding carboxylic acids is 2. The smallest absolute Gasteiger partial charge is 0.306 e. The number of hydrogen-bond acceptors (Lipinski definition) is 5. The zero-order chi connectivity index (χ0) is 56.2. The van der Waals surface area contributed by atoms with Crippen molar-refractivity contribution in [3.63, 3.8) is 0 Å². The van der Waals surface area contributed by atoms with Gasteiger partial charge in [0, 0.05) is 12.8 Å². The summed E-state index contributed by atoms with van der Waals surface area (Å²) in [7, 11) is 0. The lowest BCUT2D eigenvalue weighted by atomic mass is 10.0. The van der Waals surface area contributed by atoms with E-state index in [0.717, 1.165) is 96.3 Å². The summed E-state index contributed by atoms with van der Waals surface area (Å²) in [6.45, 7) is 3.94. The predicted octanol–water partition coefficient (Wildman–Crippen LogP) is 23.2. The van der Waals surface area contributed by atoms with Crippen LogP contribution in [0, 0.1) is 0 Å². The molecule has 78 heavy (non-hydrogen) atoms. The zero-order valence-electron chi connectivity index (χ0n) is 51.4. The first-order chi connectivity index (χ1) is 38.6. The molecule has 0 aromatic rings. The summed E-state index contributed by atoms with van der Waals surface area (Å²) < 4.78 is 10.7. The van der Waals surface area contributed by atoms with Gasteiger partial charge in [-0.2, -0.15) is 0 Å². The fraction of sp³-hybridized carbons (Fsp3) is 0.726. The highest BCUT2D eigenvalue weighted by Gasteiger charge is 2.16. The monoisotopic (exact) mass is 1080 g/mol. The first kappa shape index (κ1) is 74.6. The van der Waals surface area contributed by atoms with Gasteiger partial charge in [-0.3, -0.25) is 9.59 Å². The van der Waals surface area contributed by atoms with Crippen molar-refractivity contribution in [2.24, 2.45) is 0 Å². The van der Waals surface area contributed by atoms with Crippen molar-refractivity contribution >= 4 is 11.9 Å². The Hall–Kier alpha value is -3.44. The van der Waals surface area contributed by atoms with Crippen LogP contribution in [0.3, 0.4) is 0 Å². The number of aliphatic hydroxyl groups is 1. The summed E-state index contributed by atoms with van der Waals surface area (Å²) in [5.41, 5.74) is 0. The zero-order valence-corrected chi connectivity index (χ0v) is 51.4. The summed E-state index contributed by atoms with van der Waals surface area (Å²) in [6.07, 6.45) is 98.2. The lowest BCUT2D eigenvalue weighted by Gasteiger charge is -2.15. The van der Waals surface area contributed by atoms with Gasteiger partial charge in [-0.05, 0) is 96.3 Å². The van der Waals surface area contributed by atoms with E-state index in [1.54, 1.807) is 0 Å². The molecule has 0 amide bonds. The molecule has 0 saturated heterocycles. The van der Waals surface area contributed by atoms with Gasteiger partial charge in [-0.1, -0.05) is 322 Å². The van der Waals surface area contributed by atoms with Crippen LogP contribution in [-0.2, 0) is 19.1 Å². The van der Waals surface area contributed by atoms with Crippen LogP contribution in [-0.4, -0.2) is 36.4 Å². The number of carbonyl (C=O) groups is 2. The lowest BCUT2D eigenvalue weighted by Crippen LogP contribution is -2.28. The molecule has 0 aliphatic heterocycles. The second-order valence-corrected chi connectivity index (χ2v) is 22.1. The molecule has 1 atom stereocenters. The number of rotatable bonds is 61. The van der Waals surface area contributed by atoms with Crippen molar-refractivity contribution in [1.82, 2.24) is 0 Å². The average Bonchev–Trinajstić information content (AvgIpc) is 3.44. The molecule has 0 aliphatic carbocycles. The molecule has 0 fully saturated rings. The molecule has 5 heteroatoms. The molecule has 0 aromatic heterocycles. The van der Waals surface area contributed by atoms with E-state index in [4.69, 9.17) is 9.47 Å². The highest BCUT2D eigenvalue weighted by atomic mass is 16.6. The van der Waals surface area contributed by atoms with Gasteiger partial charge in [-0.25, -0.2) is 0 Å². The van der Waals surface area contributed by atoms with Crippen LogP contribution < -0.4 is 0 Å². The Morgan fingerprint density at radius 2 is 0.513 bits per heavy atom. The van der Waals surface area contributed by atoms with E-state index in [1.165, 1.54) is 199 Å². The third-order valence-corrected chi connectivity index (χ3v) is 14.6. The molecule has 0 aliphatic rings. The highest BCUT2D eigenvalue weighted by Crippen LogP contribution is 2.18. The standard InChI is InChI=1S/C73H126O5/c1-3-5-7-9-11-13-15-17-19-21-23-25-27-29-31-32-33-34-35-36-37-38-39-40-42-43-45-47-49-51-53-55-57-59-61-63-65-67-72(75)77-70-71(69-74)78-73(76)68-66-64-62-60-58-56-54-52-50-48-46-44-41-30-28-26-24-22-20-18-16-14-12-10-8-6-4-2/h5-8,11-14,17-20,23-26,30,41,71,74H,3-4,9-10,15-16,21-22,27-29,31-40,42-70H2,1-2H3/b7-5-,8-6-,13-11-,14-12-,19-17-,20-18-,25-23-,26-24-,41-30-. The lowest BCUT2D eigenvalue weighted by molar-refractivity contribution is -0.161. The average molecular weight is 1080 g/mol. The number of ether oxygens (including phenoxy) is 2. The maximum absolute atomic E-state index is 12.3. The number of allylic oxidation sites excluding steroid dienone is 18. The predicted molar refractivity (Wildman–Crippen MR) is 343 cm³/mol. The Morgan fingerprint density at radius 3 is 0.769 bits per heavy atom. The van der Waals surface area contributed by atoms with Crippen LogP contribution in [0.25, 0.3) is 0 Å². The van der Waals surface area contributed by atoms with Gasteiger partial charge in [0.15, 0.2) is 6.10 Å². The van der Waals surface area contributed by atoms with E-state index in [2.05, 4.69) is 123 Å². The largest absolute Gasteiger partial charge is 0.462 e. The van der Waals surface area contributed by atoms with Gasteiger partial charge in [0.1, 0.15) is 6.61 Å². The number of aliphatic hydroxyl groups excluding tert-OH is 1. The van der Waals surface area contributed by atoms with Gasteiger partial charge in [0.25, 0.3) is 0 Å². The Bertz CT molecular complexity index is 1510. The van der Waals surface area contributed by atoms with Crippen molar-refractivity contribution in [2.45, 2.75) is 328 Å². The number of unbranched alkanes of at least 4 members (excludes halogenated alkanes) is 35. The van der Waals surface area contributed by atoms with E-state index in [1.807, 2.05) is 0 Å². The fourth-order valence-corrected chi connectivity index (χ4v) is 9.64. The maximum atomic E-state index is 12.3. The van der Waals surface area contributed by atoms with E-state index >= 15 is 0 Å². The summed E-state index contributed by atoms with van der Waals surface area (Å²) in [6, 6.07) is 0. The van der Waals surface area contributed by atoms with E-state index < -0.39 is 6.10 Å². The first-order valence-electron chi connectivity index (χ1n) is 33.4. The molecule has 0 heterocycles. The van der Waals surface area contributed by atoms with Crippen LogP contribution in [0.1, 0.15) is 322 Å². The van der Waals surface area contributed by atoms with Crippen LogP contribution in [0.2, 0.25) is 0 Å². The normalized spacial score (nSPS) is 12.9. The third kappa shape index (κ3) is 65.1. The van der Waals surface area contributed by atoms with Gasteiger partial charge in [0.05, 0.1) is 6.61 Å². The van der Waals surface area contributed by atoms with E-state index in [-0.39, 0.29) is 25.2 Å². The van der Waals surface area contributed by atoms with Gasteiger partial charge in [-0.15, -0.1) is 0 Å². The Balaban J connectivity index is 3.44. The molecular formula is C73H126O5. The summed E-state index contributed by atoms with van der Waals surface area (Å²) in [5, 5.41) is 9.69. The van der Waals surface area contributed by atoms with Crippen molar-refractivity contribution in [2.75, 3.05) is 13.2 Å². The molecule has 0 radical (unpaired) electrons. The topological polar surface area (TPSA) is 72.8 Å². The van der Waals surface area contributed by atoms with Crippen molar-refractivity contribution in [1.29, 1.82) is 0 Å². The van der Waals surface area contributed by atoms with Crippen molar-refractivity contribution < 1.29 is 24.2 Å². The molecule has 0 saturated carbocycles. The van der Waals surface area contributed by atoms with Gasteiger partial charge >= 0.3 is 11.9 Å². The van der Waals surface area contributed by atoms with Crippen LogP contribution in [0.5, 0.6) is 0 Å². The minimum Gasteiger partial charge on any atom is -0.462 e. The number of hydrogen-bond donors (Lipinski definition) is 1. The molecule has 1 unspecified atom stereocenters. The minimum atomic E-state index is -0.779. The van der Waals surface area contributed by atoms with E-state index in [0.29, 0.717) is 12.8 Å². The SMILES string of the molecule is CC/C=C\C/C=C\C/C=C\C/C=C\C/C=C\CCCCCCCCCCCCCC(=O)OC(CO)COC(=O)CCCCCCCCCCCCCCCCCCCCCCCCCC/C=C\C/C=C\C/C=C\C/C=C\CC. The van der Waals surface area contributed by atoms with Crippen LogP contribution >= 0.6 is 0 Å². The Kier molecular flexibility index (Phi) is 64.8. The summed E-state index contributed by atoms with van der Waals surface area (Å²) in [5.74, 6) is -0.584. The van der Waals surface area contributed by atoms with Gasteiger partial charge in [0.2, 0.25) is 0 Å². The summed E-state index contributed by atoms with van der Waals surface area (Å²) in [4.78, 5) is 24.6. The van der Waals surface area contributed by atoms with Crippen molar-refractivity contribution in [3.8, 4) is 0 Å². The van der Waals surface area contributed by atoms with Crippen LogP contribution in [0.4, 0.5) is 0 Å². The molecule has 0 spiro atoms. The number of esters is 2. The molecule has 0 aromatic carbocycles. The molecular weight excluding hydrogens is 957 g/mol. The second kappa shape index (κ2) is 67.8. The molecule has 1 N–H and O–H groups in total. The second-order valence-electron chi connectivity index (χ2n) is 22.1. The Morgan fingerprint density at radius 1 is 0.295 bits per heavy atom. The Labute approximate surface area is 484 Å². The highest BCUT2D eigenvalue weighted by molar-refractivity contribution is 5.70. The van der Waals surface area contributed by atoms with Gasteiger partial charge < -0.3 is 14.6 Å². The first-order valence-corrected chi connectivity index (χ1v) is 33.4. The fourth-order valence-electron chi connectivity index (χ4n) is 9.64. The van der Waals surface area contributed by atoms with E-state index in [9.17, 15) is 14.7 Å². The minimum absolute atomic E-state index is 0.0678. The molecule has 0 bridgehead atoms. The maximum Gasteiger partial charge on any atom is 0.306 e. The molecule has 448 valence electrons. The quantitative estimate of drug-likeness (QED) is 0.0373. The molecule has 0 rings (SSSR count). The van der Waals surface area contributed by atoms with Crippen LogP contribution in [0.15, 0.2) is 109 Å². The summed E-state index contributed by atoms with van der Waals surface area (Å²) >= 11 is 0.